The SMILES string of the molecule is COC[C@H](C)Oc1ccc(N)c(C(=N)c2cc(N3CCOCC3)ncn2)c1. The van der Waals surface area contributed by atoms with Gasteiger partial charge in [-0.1, -0.05) is 0 Å². The topological polar surface area (TPSA) is 107 Å². The van der Waals surface area contributed by atoms with Crippen LogP contribution in [-0.4, -0.2) is 61.8 Å². The van der Waals surface area contributed by atoms with E-state index in [0.717, 1.165) is 18.9 Å². The van der Waals surface area contributed by atoms with Crippen LogP contribution in [0.25, 0.3) is 0 Å². The van der Waals surface area contributed by atoms with Gasteiger partial charge in [0.25, 0.3) is 0 Å². The Labute approximate surface area is 158 Å². The Morgan fingerprint density at radius 2 is 2.07 bits per heavy atom. The second-order valence-corrected chi connectivity index (χ2v) is 6.37. The molecule has 0 bridgehead atoms. The summed E-state index contributed by atoms with van der Waals surface area (Å²) in [5.41, 5.74) is 7.92. The lowest BCUT2D eigenvalue weighted by atomic mass is 10.0. The molecule has 1 saturated heterocycles. The van der Waals surface area contributed by atoms with E-state index in [1.54, 1.807) is 25.3 Å². The summed E-state index contributed by atoms with van der Waals surface area (Å²) in [7, 11) is 1.63. The van der Waals surface area contributed by atoms with Gasteiger partial charge in [-0.15, -0.1) is 0 Å². The number of nitrogens with two attached hydrogens (primary N) is 1. The minimum absolute atomic E-state index is 0.104. The van der Waals surface area contributed by atoms with Crippen LogP contribution in [0.2, 0.25) is 0 Å². The Hall–Kier alpha value is -2.71. The molecule has 8 heteroatoms. The summed E-state index contributed by atoms with van der Waals surface area (Å²) < 4.78 is 16.3. The molecule has 1 fully saturated rings. The van der Waals surface area contributed by atoms with Crippen LogP contribution in [0.4, 0.5) is 11.5 Å². The minimum Gasteiger partial charge on any atom is -0.488 e. The second kappa shape index (κ2) is 8.79. The second-order valence-electron chi connectivity index (χ2n) is 6.37. The minimum atomic E-state index is -0.104. The highest BCUT2D eigenvalue weighted by molar-refractivity contribution is 6.13. The standard InChI is InChI=1S/C19H25N5O3/c1-13(11-25-2)27-14-3-4-16(20)15(9-14)19(21)17-10-18(23-12-22-17)24-5-7-26-8-6-24/h3-4,9-10,12-13,21H,5-8,11,20H2,1-2H3/t13-/m0/s1. The molecule has 1 aliphatic rings. The molecule has 1 aromatic heterocycles. The smallest absolute Gasteiger partial charge is 0.132 e. The van der Waals surface area contributed by atoms with Gasteiger partial charge < -0.3 is 24.8 Å². The van der Waals surface area contributed by atoms with Gasteiger partial charge in [-0.2, -0.15) is 0 Å². The quantitative estimate of drug-likeness (QED) is 0.564. The third-order valence-electron chi connectivity index (χ3n) is 4.28. The van der Waals surface area contributed by atoms with Crippen LogP contribution in [0.1, 0.15) is 18.2 Å². The summed E-state index contributed by atoms with van der Waals surface area (Å²) in [6.07, 6.45) is 1.37. The maximum Gasteiger partial charge on any atom is 0.132 e. The van der Waals surface area contributed by atoms with Gasteiger partial charge in [0, 0.05) is 37.5 Å². The monoisotopic (exact) mass is 371 g/mol. The normalized spacial score (nSPS) is 15.4. The van der Waals surface area contributed by atoms with Crippen molar-refractivity contribution in [2.24, 2.45) is 0 Å². The predicted octanol–water partition coefficient (Wildman–Crippen LogP) is 1.73. The van der Waals surface area contributed by atoms with Gasteiger partial charge >= 0.3 is 0 Å². The van der Waals surface area contributed by atoms with Crippen molar-refractivity contribution >= 4 is 17.2 Å². The van der Waals surface area contributed by atoms with Gasteiger partial charge in [-0.3, -0.25) is 5.41 Å². The van der Waals surface area contributed by atoms with Crippen LogP contribution in [0.15, 0.2) is 30.6 Å². The molecule has 1 aromatic carbocycles. The molecule has 0 saturated carbocycles. The third-order valence-corrected chi connectivity index (χ3v) is 4.28. The zero-order valence-electron chi connectivity index (χ0n) is 15.6. The molecule has 1 atom stereocenters. The van der Waals surface area contributed by atoms with Crippen molar-refractivity contribution in [1.82, 2.24) is 9.97 Å². The van der Waals surface area contributed by atoms with E-state index in [-0.39, 0.29) is 11.8 Å². The van der Waals surface area contributed by atoms with Crippen molar-refractivity contribution in [3.8, 4) is 5.75 Å². The number of morpholine rings is 1. The van der Waals surface area contributed by atoms with Crippen molar-refractivity contribution in [3.05, 3.63) is 41.9 Å². The first-order chi connectivity index (χ1) is 13.1. The zero-order chi connectivity index (χ0) is 19.2. The summed E-state index contributed by atoms with van der Waals surface area (Å²) >= 11 is 0. The first-order valence-electron chi connectivity index (χ1n) is 8.87. The van der Waals surface area contributed by atoms with E-state index in [4.69, 9.17) is 25.4 Å². The van der Waals surface area contributed by atoms with E-state index in [1.807, 2.05) is 13.0 Å². The van der Waals surface area contributed by atoms with Crippen LogP contribution >= 0.6 is 0 Å². The van der Waals surface area contributed by atoms with Crippen molar-refractivity contribution in [2.45, 2.75) is 13.0 Å². The van der Waals surface area contributed by atoms with Crippen molar-refractivity contribution < 1.29 is 14.2 Å². The number of nitrogen functional groups attached to an aromatic ring is 1. The van der Waals surface area contributed by atoms with E-state index in [9.17, 15) is 0 Å². The molecule has 3 N–H and O–H groups in total. The lowest BCUT2D eigenvalue weighted by molar-refractivity contribution is 0.0921. The molecule has 3 rings (SSSR count). The largest absolute Gasteiger partial charge is 0.488 e. The molecular weight excluding hydrogens is 346 g/mol. The maximum absolute atomic E-state index is 8.59. The van der Waals surface area contributed by atoms with Gasteiger partial charge in [0.1, 0.15) is 24.0 Å². The average molecular weight is 371 g/mol. The Morgan fingerprint density at radius 3 is 2.81 bits per heavy atom. The Kier molecular flexibility index (Phi) is 6.20. The number of rotatable bonds is 7. The van der Waals surface area contributed by atoms with Gasteiger partial charge in [0.05, 0.1) is 31.2 Å². The van der Waals surface area contributed by atoms with Crippen LogP contribution < -0.4 is 15.4 Å². The van der Waals surface area contributed by atoms with Crippen molar-refractivity contribution in [1.29, 1.82) is 5.41 Å². The number of anilines is 2. The summed E-state index contributed by atoms with van der Waals surface area (Å²) in [5.74, 6) is 1.42. The fourth-order valence-electron chi connectivity index (χ4n) is 2.91. The first-order valence-corrected chi connectivity index (χ1v) is 8.87. The Bertz CT molecular complexity index is 793. The summed E-state index contributed by atoms with van der Waals surface area (Å²) in [6, 6.07) is 7.11. The Morgan fingerprint density at radius 1 is 1.30 bits per heavy atom. The van der Waals surface area contributed by atoms with E-state index in [1.165, 1.54) is 6.33 Å². The Balaban J connectivity index is 1.82. The number of methoxy groups -OCH3 is 1. The number of nitrogens with zero attached hydrogens (tertiary/aromatic N) is 3. The fraction of sp³-hybridized carbons (Fsp3) is 0.421. The lowest BCUT2D eigenvalue weighted by Gasteiger charge is -2.27. The molecule has 0 amide bonds. The summed E-state index contributed by atoms with van der Waals surface area (Å²) in [4.78, 5) is 10.7. The maximum atomic E-state index is 8.59. The first kappa shape index (κ1) is 19.1. The summed E-state index contributed by atoms with van der Waals surface area (Å²) in [5, 5.41) is 8.59. The van der Waals surface area contributed by atoms with Gasteiger partial charge in [-0.05, 0) is 25.1 Å². The van der Waals surface area contributed by atoms with Gasteiger partial charge in [0.15, 0.2) is 0 Å². The van der Waals surface area contributed by atoms with Crippen molar-refractivity contribution in [2.75, 3.05) is 50.7 Å². The number of aromatic nitrogens is 2. The highest BCUT2D eigenvalue weighted by atomic mass is 16.5. The van der Waals surface area contributed by atoms with Crippen LogP contribution in [0, 0.1) is 5.41 Å². The molecule has 8 nitrogen and oxygen atoms in total. The highest BCUT2D eigenvalue weighted by Gasteiger charge is 2.17. The summed E-state index contributed by atoms with van der Waals surface area (Å²) in [6.45, 7) is 5.28. The lowest BCUT2D eigenvalue weighted by Crippen LogP contribution is -2.36. The molecule has 2 heterocycles. The molecule has 0 aliphatic carbocycles. The number of benzene rings is 1. The van der Waals surface area contributed by atoms with E-state index in [0.29, 0.717) is 42.5 Å². The highest BCUT2D eigenvalue weighted by Crippen LogP contribution is 2.24. The van der Waals surface area contributed by atoms with E-state index >= 15 is 0 Å². The predicted molar refractivity (Wildman–Crippen MR) is 104 cm³/mol. The molecule has 1 aliphatic heterocycles. The molecule has 0 spiro atoms. The van der Waals surface area contributed by atoms with Crippen LogP contribution in [0.5, 0.6) is 5.75 Å². The molecule has 0 unspecified atom stereocenters. The molecule has 27 heavy (non-hydrogen) atoms. The van der Waals surface area contributed by atoms with Gasteiger partial charge in [-0.25, -0.2) is 9.97 Å². The molecule has 2 aromatic rings. The molecular formula is C19H25N5O3. The van der Waals surface area contributed by atoms with Crippen molar-refractivity contribution in [3.63, 3.8) is 0 Å². The third kappa shape index (κ3) is 4.72. The van der Waals surface area contributed by atoms with E-state index in [2.05, 4.69) is 14.9 Å². The van der Waals surface area contributed by atoms with Crippen LogP contribution in [-0.2, 0) is 9.47 Å². The van der Waals surface area contributed by atoms with Crippen LogP contribution in [0.3, 0.4) is 0 Å². The van der Waals surface area contributed by atoms with Gasteiger partial charge in [0.2, 0.25) is 0 Å². The average Bonchev–Trinajstić information content (AvgIpc) is 2.70. The molecule has 144 valence electrons. The van der Waals surface area contributed by atoms with E-state index < -0.39 is 0 Å². The fourth-order valence-corrected chi connectivity index (χ4v) is 2.91. The number of hydrogen-bond acceptors (Lipinski definition) is 8. The number of hydrogen-bond donors (Lipinski definition) is 2. The zero-order valence-corrected chi connectivity index (χ0v) is 15.6. The number of ether oxygens (including phenoxy) is 3. The molecule has 0 radical (unpaired) electrons. The number of nitrogens with one attached hydrogen (secondary N) is 1.